The summed E-state index contributed by atoms with van der Waals surface area (Å²) >= 11 is 0. The highest BCUT2D eigenvalue weighted by atomic mass is 19.4. The minimum Gasteiger partial charge on any atom is -0.338 e. The van der Waals surface area contributed by atoms with E-state index in [0.29, 0.717) is 6.54 Å². The van der Waals surface area contributed by atoms with Gasteiger partial charge in [0.2, 0.25) is 5.91 Å². The number of halogens is 3. The molecule has 0 fully saturated rings. The summed E-state index contributed by atoms with van der Waals surface area (Å²) in [6, 6.07) is 2.47. The molecular formula is C14H18F3N3O2. The van der Waals surface area contributed by atoms with Crippen LogP contribution in [0, 0.1) is 0 Å². The molecule has 1 rings (SSSR count). The van der Waals surface area contributed by atoms with Crippen LogP contribution < -0.4 is 16.0 Å². The highest BCUT2D eigenvalue weighted by Crippen LogP contribution is 2.36. The molecule has 8 heteroatoms. The predicted octanol–water partition coefficient (Wildman–Crippen LogP) is 3.59. The summed E-state index contributed by atoms with van der Waals surface area (Å²) in [7, 11) is 0. The van der Waals surface area contributed by atoms with Gasteiger partial charge in [-0.2, -0.15) is 13.2 Å². The Labute approximate surface area is 126 Å². The van der Waals surface area contributed by atoms with Crippen molar-refractivity contribution in [2.24, 2.45) is 0 Å². The van der Waals surface area contributed by atoms with Gasteiger partial charge in [0.15, 0.2) is 0 Å². The van der Waals surface area contributed by atoms with E-state index in [1.807, 2.05) is 6.92 Å². The minimum atomic E-state index is -4.65. The zero-order valence-corrected chi connectivity index (χ0v) is 12.3. The Kier molecular flexibility index (Phi) is 6.21. The van der Waals surface area contributed by atoms with Gasteiger partial charge in [-0.15, -0.1) is 0 Å². The van der Waals surface area contributed by atoms with E-state index >= 15 is 0 Å². The number of anilines is 2. The summed E-state index contributed by atoms with van der Waals surface area (Å²) in [5.74, 6) is -0.480. The lowest BCUT2D eigenvalue weighted by molar-refractivity contribution is -0.137. The van der Waals surface area contributed by atoms with E-state index in [4.69, 9.17) is 0 Å². The van der Waals surface area contributed by atoms with Crippen molar-refractivity contribution in [2.45, 2.75) is 32.9 Å². The fourth-order valence-electron chi connectivity index (χ4n) is 1.71. The Balaban J connectivity index is 2.93. The number of hydrogen-bond donors (Lipinski definition) is 3. The highest BCUT2D eigenvalue weighted by molar-refractivity contribution is 5.92. The van der Waals surface area contributed by atoms with Crippen LogP contribution in [0.4, 0.5) is 29.3 Å². The van der Waals surface area contributed by atoms with Crippen molar-refractivity contribution in [3.8, 4) is 0 Å². The van der Waals surface area contributed by atoms with Crippen molar-refractivity contribution in [3.63, 3.8) is 0 Å². The Bertz CT molecular complexity index is 545. The maximum absolute atomic E-state index is 13.0. The normalized spacial score (nSPS) is 11.0. The second-order valence-corrected chi connectivity index (χ2v) is 4.67. The standard InChI is InChI=1S/C14H18F3N3O2/c1-3-4-7-18-13(22)20-12-6-5-10(19-9(2)21)8-11(12)14(15,16)17/h5-6,8H,3-4,7H2,1-2H3,(H,19,21)(H2,18,20,22). The van der Waals surface area contributed by atoms with Gasteiger partial charge in [-0.05, 0) is 24.6 Å². The maximum Gasteiger partial charge on any atom is 0.418 e. The van der Waals surface area contributed by atoms with Crippen LogP contribution in [0.25, 0.3) is 0 Å². The number of rotatable bonds is 5. The zero-order valence-electron chi connectivity index (χ0n) is 12.3. The largest absolute Gasteiger partial charge is 0.418 e. The molecular weight excluding hydrogens is 299 g/mol. The lowest BCUT2D eigenvalue weighted by Gasteiger charge is -2.16. The molecule has 0 spiro atoms. The van der Waals surface area contributed by atoms with E-state index in [1.165, 1.54) is 13.0 Å². The lowest BCUT2D eigenvalue weighted by Crippen LogP contribution is -2.30. The summed E-state index contributed by atoms with van der Waals surface area (Å²) in [6.45, 7) is 3.51. The second-order valence-electron chi connectivity index (χ2n) is 4.67. The molecule has 0 unspecified atom stereocenters. The average Bonchev–Trinajstić information content (AvgIpc) is 2.39. The molecule has 0 aliphatic carbocycles. The quantitative estimate of drug-likeness (QED) is 0.726. The van der Waals surface area contributed by atoms with Crippen LogP contribution in [-0.4, -0.2) is 18.5 Å². The van der Waals surface area contributed by atoms with Crippen molar-refractivity contribution in [1.29, 1.82) is 0 Å². The van der Waals surface area contributed by atoms with Crippen LogP contribution in [0.2, 0.25) is 0 Å². The number of unbranched alkanes of at least 4 members (excludes halogenated alkanes) is 1. The third kappa shape index (κ3) is 5.63. The third-order valence-electron chi connectivity index (χ3n) is 2.71. The predicted molar refractivity (Wildman–Crippen MR) is 77.7 cm³/mol. The number of carbonyl (C=O) groups is 2. The zero-order chi connectivity index (χ0) is 16.8. The summed E-state index contributed by atoms with van der Waals surface area (Å²) in [5.41, 5.74) is -1.38. The van der Waals surface area contributed by atoms with Crippen LogP contribution in [0.5, 0.6) is 0 Å². The Hall–Kier alpha value is -2.25. The van der Waals surface area contributed by atoms with E-state index in [2.05, 4.69) is 16.0 Å². The van der Waals surface area contributed by atoms with Crippen molar-refractivity contribution in [3.05, 3.63) is 23.8 Å². The topological polar surface area (TPSA) is 70.2 Å². The molecule has 1 aromatic rings. The number of hydrogen-bond acceptors (Lipinski definition) is 2. The first-order valence-corrected chi connectivity index (χ1v) is 6.77. The highest BCUT2D eigenvalue weighted by Gasteiger charge is 2.34. The second kappa shape index (κ2) is 7.67. The molecule has 0 saturated heterocycles. The fourth-order valence-corrected chi connectivity index (χ4v) is 1.71. The number of carbonyl (C=O) groups excluding carboxylic acids is 2. The molecule has 0 saturated carbocycles. The van der Waals surface area contributed by atoms with E-state index < -0.39 is 23.7 Å². The smallest absolute Gasteiger partial charge is 0.338 e. The molecule has 0 aliphatic rings. The van der Waals surface area contributed by atoms with Crippen molar-refractivity contribution in [2.75, 3.05) is 17.2 Å². The van der Waals surface area contributed by atoms with Crippen LogP contribution in [0.3, 0.4) is 0 Å². The van der Waals surface area contributed by atoms with Gasteiger partial charge in [-0.25, -0.2) is 4.79 Å². The number of alkyl halides is 3. The van der Waals surface area contributed by atoms with Crippen LogP contribution >= 0.6 is 0 Å². The SMILES string of the molecule is CCCCNC(=O)Nc1ccc(NC(C)=O)cc1C(F)(F)F. The van der Waals surface area contributed by atoms with Gasteiger partial charge in [0, 0.05) is 19.2 Å². The van der Waals surface area contributed by atoms with Gasteiger partial charge in [-0.3, -0.25) is 4.79 Å². The molecule has 1 aromatic carbocycles. The molecule has 0 aliphatic heterocycles. The fraction of sp³-hybridized carbons (Fsp3) is 0.429. The van der Waals surface area contributed by atoms with E-state index in [9.17, 15) is 22.8 Å². The summed E-state index contributed by atoms with van der Waals surface area (Å²) in [6.07, 6.45) is -3.05. The molecule has 0 aromatic heterocycles. The summed E-state index contributed by atoms with van der Waals surface area (Å²) < 4.78 is 39.1. The Morgan fingerprint density at radius 2 is 1.86 bits per heavy atom. The van der Waals surface area contributed by atoms with E-state index in [0.717, 1.165) is 25.0 Å². The third-order valence-corrected chi connectivity index (χ3v) is 2.71. The number of benzene rings is 1. The molecule has 0 atom stereocenters. The van der Waals surface area contributed by atoms with Crippen molar-refractivity contribution >= 4 is 23.3 Å². The summed E-state index contributed by atoms with van der Waals surface area (Å²) in [5, 5.41) is 6.92. The number of nitrogens with one attached hydrogen (secondary N) is 3. The Morgan fingerprint density at radius 3 is 2.41 bits per heavy atom. The monoisotopic (exact) mass is 317 g/mol. The van der Waals surface area contributed by atoms with Crippen LogP contribution in [0.1, 0.15) is 32.3 Å². The molecule has 0 bridgehead atoms. The minimum absolute atomic E-state index is 0.0109. The van der Waals surface area contributed by atoms with Crippen molar-refractivity contribution < 1.29 is 22.8 Å². The van der Waals surface area contributed by atoms with Gasteiger partial charge in [0.1, 0.15) is 0 Å². The Morgan fingerprint density at radius 1 is 1.18 bits per heavy atom. The molecule has 0 heterocycles. The molecule has 22 heavy (non-hydrogen) atoms. The first-order valence-electron chi connectivity index (χ1n) is 6.77. The van der Waals surface area contributed by atoms with E-state index in [-0.39, 0.29) is 11.4 Å². The van der Waals surface area contributed by atoms with Gasteiger partial charge < -0.3 is 16.0 Å². The van der Waals surface area contributed by atoms with Gasteiger partial charge in [0.25, 0.3) is 0 Å². The lowest BCUT2D eigenvalue weighted by atomic mass is 10.1. The molecule has 122 valence electrons. The van der Waals surface area contributed by atoms with Crippen LogP contribution in [-0.2, 0) is 11.0 Å². The van der Waals surface area contributed by atoms with Gasteiger partial charge in [-0.1, -0.05) is 13.3 Å². The van der Waals surface area contributed by atoms with Gasteiger partial charge >= 0.3 is 12.2 Å². The first kappa shape index (κ1) is 17.8. The summed E-state index contributed by atoms with van der Waals surface area (Å²) in [4.78, 5) is 22.5. The number of urea groups is 1. The average molecular weight is 317 g/mol. The van der Waals surface area contributed by atoms with E-state index in [1.54, 1.807) is 0 Å². The molecule has 5 nitrogen and oxygen atoms in total. The molecule has 0 radical (unpaired) electrons. The van der Waals surface area contributed by atoms with Crippen LogP contribution in [0.15, 0.2) is 18.2 Å². The molecule has 3 N–H and O–H groups in total. The first-order chi connectivity index (χ1) is 10.2. The maximum atomic E-state index is 13.0. The van der Waals surface area contributed by atoms with Gasteiger partial charge in [0.05, 0.1) is 11.3 Å². The number of amides is 3. The van der Waals surface area contributed by atoms with Crippen molar-refractivity contribution in [1.82, 2.24) is 5.32 Å². The molecule has 3 amide bonds.